The molecular formula is C40H24S. The highest BCUT2D eigenvalue weighted by atomic mass is 32.1. The Bertz CT molecular complexity index is 2460. The van der Waals surface area contributed by atoms with Crippen molar-refractivity contribution in [2.45, 2.75) is 0 Å². The molecule has 0 atom stereocenters. The van der Waals surface area contributed by atoms with Gasteiger partial charge in [-0.25, -0.2) is 0 Å². The molecule has 0 radical (unpaired) electrons. The zero-order valence-corrected chi connectivity index (χ0v) is 23.1. The molecule has 1 heterocycles. The van der Waals surface area contributed by atoms with Gasteiger partial charge in [0.15, 0.2) is 0 Å². The fourth-order valence-electron chi connectivity index (χ4n) is 6.55. The van der Waals surface area contributed by atoms with Crippen LogP contribution in [0.1, 0.15) is 0 Å². The van der Waals surface area contributed by atoms with Gasteiger partial charge in [0, 0.05) is 25.6 Å². The average Bonchev–Trinajstić information content (AvgIpc) is 3.43. The molecule has 8 aromatic carbocycles. The van der Waals surface area contributed by atoms with E-state index in [1.54, 1.807) is 0 Å². The molecule has 0 nitrogen and oxygen atoms in total. The topological polar surface area (TPSA) is 0 Å². The molecule has 0 N–H and O–H groups in total. The molecule has 0 aliphatic heterocycles. The lowest BCUT2D eigenvalue weighted by atomic mass is 9.94. The van der Waals surface area contributed by atoms with Crippen molar-refractivity contribution in [1.82, 2.24) is 0 Å². The van der Waals surface area contributed by atoms with Crippen LogP contribution in [0.2, 0.25) is 0 Å². The lowest BCUT2D eigenvalue weighted by Crippen LogP contribution is -1.84. The van der Waals surface area contributed by atoms with Crippen LogP contribution < -0.4 is 0 Å². The van der Waals surface area contributed by atoms with Crippen LogP contribution in [0.3, 0.4) is 0 Å². The molecule has 0 saturated carbocycles. The first kappa shape index (κ1) is 22.8. The summed E-state index contributed by atoms with van der Waals surface area (Å²) in [6, 6.07) is 53.7. The number of hydrogen-bond acceptors (Lipinski definition) is 1. The Labute approximate surface area is 241 Å². The van der Waals surface area contributed by atoms with Crippen molar-refractivity contribution < 1.29 is 0 Å². The van der Waals surface area contributed by atoms with Crippen LogP contribution in [0.5, 0.6) is 0 Å². The molecule has 0 fully saturated rings. The smallest absolute Gasteiger partial charge is 0.0440 e. The minimum atomic E-state index is 1.24. The van der Waals surface area contributed by atoms with E-state index in [1.165, 1.54) is 85.5 Å². The molecule has 190 valence electrons. The summed E-state index contributed by atoms with van der Waals surface area (Å²) in [4.78, 5) is 0. The summed E-state index contributed by atoms with van der Waals surface area (Å²) in [6.07, 6.45) is 0. The van der Waals surface area contributed by atoms with E-state index in [-0.39, 0.29) is 0 Å². The van der Waals surface area contributed by atoms with Gasteiger partial charge in [-0.15, -0.1) is 11.3 Å². The van der Waals surface area contributed by atoms with E-state index in [0.29, 0.717) is 0 Å². The fraction of sp³-hybridized carbons (Fsp3) is 0. The Hall–Kier alpha value is -4.98. The van der Waals surface area contributed by atoms with Crippen molar-refractivity contribution >= 4 is 74.6 Å². The molecule has 0 amide bonds. The maximum atomic E-state index is 2.39. The van der Waals surface area contributed by atoms with Gasteiger partial charge < -0.3 is 0 Å². The Morgan fingerprint density at radius 2 is 0.854 bits per heavy atom. The van der Waals surface area contributed by atoms with Crippen molar-refractivity contribution in [3.8, 4) is 22.3 Å². The average molecular weight is 537 g/mol. The molecule has 0 saturated heterocycles. The largest absolute Gasteiger partial charge is 0.135 e. The first-order valence-corrected chi connectivity index (χ1v) is 14.9. The van der Waals surface area contributed by atoms with Crippen LogP contribution in [0.25, 0.3) is 85.5 Å². The van der Waals surface area contributed by atoms with E-state index in [0.717, 1.165) is 0 Å². The Morgan fingerprint density at radius 3 is 1.71 bits per heavy atom. The minimum Gasteiger partial charge on any atom is -0.135 e. The van der Waals surface area contributed by atoms with Crippen molar-refractivity contribution in [1.29, 1.82) is 0 Å². The molecule has 9 aromatic rings. The predicted octanol–water partition coefficient (Wildman–Crippen LogP) is 12.0. The van der Waals surface area contributed by atoms with Gasteiger partial charge in [-0.05, 0) is 78.2 Å². The van der Waals surface area contributed by atoms with Crippen LogP contribution in [0.4, 0.5) is 0 Å². The Kier molecular flexibility index (Phi) is 4.87. The highest BCUT2D eigenvalue weighted by molar-refractivity contribution is 7.26. The summed E-state index contributed by atoms with van der Waals surface area (Å²) in [7, 11) is 0. The van der Waals surface area contributed by atoms with Gasteiger partial charge in [-0.1, -0.05) is 127 Å². The van der Waals surface area contributed by atoms with E-state index in [9.17, 15) is 0 Å². The summed E-state index contributed by atoms with van der Waals surface area (Å²) in [5, 5.41) is 13.1. The van der Waals surface area contributed by atoms with Gasteiger partial charge in [0.05, 0.1) is 0 Å². The molecule has 0 unspecified atom stereocenters. The molecule has 1 aromatic heterocycles. The summed E-state index contributed by atoms with van der Waals surface area (Å²) >= 11 is 1.91. The molecule has 0 spiro atoms. The Morgan fingerprint density at radius 1 is 0.317 bits per heavy atom. The molecule has 0 aliphatic rings. The van der Waals surface area contributed by atoms with Crippen molar-refractivity contribution in [2.24, 2.45) is 0 Å². The van der Waals surface area contributed by atoms with E-state index in [1.807, 2.05) is 11.3 Å². The summed E-state index contributed by atoms with van der Waals surface area (Å²) in [5.41, 5.74) is 4.97. The Balaban J connectivity index is 1.16. The predicted molar refractivity (Wildman–Crippen MR) is 180 cm³/mol. The van der Waals surface area contributed by atoms with Crippen LogP contribution in [0, 0.1) is 0 Å². The van der Waals surface area contributed by atoms with Gasteiger partial charge in [0.2, 0.25) is 0 Å². The van der Waals surface area contributed by atoms with Crippen LogP contribution in [0.15, 0.2) is 146 Å². The third-order valence-corrected chi connectivity index (χ3v) is 9.84. The number of rotatable bonds is 2. The first-order chi connectivity index (χ1) is 20.3. The van der Waals surface area contributed by atoms with E-state index >= 15 is 0 Å². The SMILES string of the molecule is c1ccc2c(c1)ccc1cc(-c3ccc(-c4ccc5ccc6ccc7c8ccccc8sc7c6c5c4)cc3)ccc12. The van der Waals surface area contributed by atoms with Crippen molar-refractivity contribution in [2.75, 3.05) is 0 Å². The maximum Gasteiger partial charge on any atom is 0.0440 e. The lowest BCUT2D eigenvalue weighted by molar-refractivity contribution is 1.62. The van der Waals surface area contributed by atoms with Crippen LogP contribution >= 0.6 is 11.3 Å². The molecule has 0 bridgehead atoms. The number of thiophene rings is 1. The molecular weight excluding hydrogens is 513 g/mol. The number of fused-ring (bicyclic) bond motifs is 10. The molecule has 41 heavy (non-hydrogen) atoms. The number of hydrogen-bond donors (Lipinski definition) is 0. The normalized spacial score (nSPS) is 11.9. The third kappa shape index (κ3) is 3.53. The second-order valence-electron chi connectivity index (χ2n) is 10.9. The van der Waals surface area contributed by atoms with E-state index in [2.05, 4.69) is 146 Å². The second-order valence-corrected chi connectivity index (χ2v) is 12.0. The van der Waals surface area contributed by atoms with Gasteiger partial charge >= 0.3 is 0 Å². The fourth-order valence-corrected chi connectivity index (χ4v) is 7.82. The van der Waals surface area contributed by atoms with Gasteiger partial charge in [-0.2, -0.15) is 0 Å². The van der Waals surface area contributed by atoms with Crippen LogP contribution in [-0.4, -0.2) is 0 Å². The minimum absolute atomic E-state index is 1.24. The molecule has 9 rings (SSSR count). The standard InChI is InChI=1S/C40H24S/c1-2-6-33-27(5-1)15-18-32-23-30(20-21-34(32)33)25-9-11-26(12-10-25)31-17-14-28-13-16-29-19-22-36-35-7-3-4-8-38(35)41-40(36)39(29)37(28)24-31/h1-24H. The summed E-state index contributed by atoms with van der Waals surface area (Å²) in [5.74, 6) is 0. The monoisotopic (exact) mass is 536 g/mol. The maximum absolute atomic E-state index is 2.39. The molecule has 0 aliphatic carbocycles. The second kappa shape index (κ2) is 8.76. The van der Waals surface area contributed by atoms with Crippen molar-refractivity contribution in [3.05, 3.63) is 146 Å². The molecule has 1 heteroatoms. The summed E-state index contributed by atoms with van der Waals surface area (Å²) < 4.78 is 2.73. The quantitative estimate of drug-likeness (QED) is 0.193. The lowest BCUT2D eigenvalue weighted by Gasteiger charge is -2.10. The highest BCUT2D eigenvalue weighted by Gasteiger charge is 2.12. The number of benzene rings is 8. The van der Waals surface area contributed by atoms with Crippen LogP contribution in [-0.2, 0) is 0 Å². The summed E-state index contributed by atoms with van der Waals surface area (Å²) in [6.45, 7) is 0. The highest BCUT2D eigenvalue weighted by Crippen LogP contribution is 2.42. The first-order valence-electron chi connectivity index (χ1n) is 14.1. The zero-order valence-electron chi connectivity index (χ0n) is 22.3. The van der Waals surface area contributed by atoms with Gasteiger partial charge in [-0.3, -0.25) is 0 Å². The van der Waals surface area contributed by atoms with Gasteiger partial charge in [0.25, 0.3) is 0 Å². The zero-order chi connectivity index (χ0) is 26.9. The third-order valence-electron chi connectivity index (χ3n) is 8.64. The van der Waals surface area contributed by atoms with E-state index in [4.69, 9.17) is 0 Å². The van der Waals surface area contributed by atoms with E-state index < -0.39 is 0 Å². The van der Waals surface area contributed by atoms with Gasteiger partial charge in [0.1, 0.15) is 0 Å². The van der Waals surface area contributed by atoms with Crippen molar-refractivity contribution in [3.63, 3.8) is 0 Å².